The molecular formula is C38H50N4O9. The average Bonchev–Trinajstić information content (AvgIpc) is 3.76. The summed E-state index contributed by atoms with van der Waals surface area (Å²) in [6.45, 7) is 11.5. The molecule has 2 aliphatic rings. The molecule has 0 aromatic heterocycles. The molecule has 0 bridgehead atoms. The zero-order chi connectivity index (χ0) is 37.3. The van der Waals surface area contributed by atoms with Gasteiger partial charge in [0.1, 0.15) is 23.3 Å². The predicted molar refractivity (Wildman–Crippen MR) is 188 cm³/mol. The van der Waals surface area contributed by atoms with E-state index in [1.54, 1.807) is 84.0 Å². The van der Waals surface area contributed by atoms with Crippen molar-refractivity contribution < 1.29 is 43.0 Å². The van der Waals surface area contributed by atoms with Crippen molar-refractivity contribution in [3.63, 3.8) is 0 Å². The van der Waals surface area contributed by atoms with Crippen LogP contribution in [-0.2, 0) is 37.0 Å². The topological polar surface area (TPSA) is 161 Å². The smallest absolute Gasteiger partial charge is 0.410 e. The van der Waals surface area contributed by atoms with Crippen LogP contribution in [0.1, 0.15) is 99.1 Å². The highest BCUT2D eigenvalue weighted by Crippen LogP contribution is 2.22. The van der Waals surface area contributed by atoms with E-state index in [1.165, 1.54) is 9.80 Å². The minimum Gasteiger partial charge on any atom is -0.444 e. The summed E-state index contributed by atoms with van der Waals surface area (Å²) in [5, 5.41) is 5.34. The molecular weight excluding hydrogens is 656 g/mol. The Labute approximate surface area is 299 Å². The van der Waals surface area contributed by atoms with Gasteiger partial charge in [-0.05, 0) is 84.4 Å². The molecule has 2 heterocycles. The van der Waals surface area contributed by atoms with E-state index in [9.17, 15) is 28.8 Å². The maximum atomic E-state index is 12.9. The summed E-state index contributed by atoms with van der Waals surface area (Å²) in [4.78, 5) is 79.2. The van der Waals surface area contributed by atoms with Gasteiger partial charge >= 0.3 is 12.2 Å². The zero-order valence-electron chi connectivity index (χ0n) is 30.4. The molecule has 2 aromatic rings. The van der Waals surface area contributed by atoms with E-state index >= 15 is 0 Å². The summed E-state index contributed by atoms with van der Waals surface area (Å²) < 4.78 is 16.7. The lowest BCUT2D eigenvalue weighted by Gasteiger charge is -2.28. The highest BCUT2D eigenvalue weighted by Gasteiger charge is 2.38. The second-order valence-electron chi connectivity index (χ2n) is 14.8. The number of ketones is 2. The van der Waals surface area contributed by atoms with Crippen LogP contribution in [0, 0.1) is 0 Å². The van der Waals surface area contributed by atoms with Crippen LogP contribution < -0.4 is 10.6 Å². The van der Waals surface area contributed by atoms with Crippen molar-refractivity contribution in [3.8, 4) is 0 Å². The second-order valence-corrected chi connectivity index (χ2v) is 14.8. The lowest BCUT2D eigenvalue weighted by Crippen LogP contribution is -2.48. The molecule has 0 spiro atoms. The zero-order valence-corrected chi connectivity index (χ0v) is 30.4. The Kier molecular flexibility index (Phi) is 13.0. The molecule has 2 aromatic carbocycles. The molecule has 13 heteroatoms. The minimum atomic E-state index is -0.680. The SMILES string of the molecule is CC(C)(C)OC(=O)N1CCC[C@H]1C(=O)NCC(=O)c1ccc(COCc2cccc(C(=O)CNC(=O)[C@@H]3CCCN3C(=O)OC(C)(C)C)c2)cc1. The molecule has 0 unspecified atom stereocenters. The first-order valence-electron chi connectivity index (χ1n) is 17.4. The molecule has 13 nitrogen and oxygen atoms in total. The number of rotatable bonds is 12. The molecule has 276 valence electrons. The molecule has 2 atom stereocenters. The summed E-state index contributed by atoms with van der Waals surface area (Å²) in [5.74, 6) is -1.31. The van der Waals surface area contributed by atoms with Gasteiger partial charge in [-0.3, -0.25) is 29.0 Å². The van der Waals surface area contributed by atoms with E-state index in [0.717, 1.165) is 11.1 Å². The van der Waals surface area contributed by atoms with Crippen LogP contribution in [0.25, 0.3) is 0 Å². The summed E-state index contributed by atoms with van der Waals surface area (Å²) >= 11 is 0. The number of likely N-dealkylation sites (tertiary alicyclic amines) is 2. The average molecular weight is 707 g/mol. The van der Waals surface area contributed by atoms with Crippen LogP contribution >= 0.6 is 0 Å². The van der Waals surface area contributed by atoms with Gasteiger partial charge in [0.15, 0.2) is 11.6 Å². The number of hydrogen-bond donors (Lipinski definition) is 2. The molecule has 2 aliphatic heterocycles. The number of ether oxygens (including phenoxy) is 3. The van der Waals surface area contributed by atoms with Gasteiger partial charge in [-0.15, -0.1) is 0 Å². The first kappa shape index (κ1) is 39.0. The number of carbonyl (C=O) groups is 6. The predicted octanol–water partition coefficient (Wildman–Crippen LogP) is 4.80. The van der Waals surface area contributed by atoms with Crippen molar-refractivity contribution >= 4 is 35.6 Å². The maximum absolute atomic E-state index is 12.9. The van der Waals surface area contributed by atoms with Crippen LogP contribution in [0.3, 0.4) is 0 Å². The summed E-state index contributed by atoms with van der Waals surface area (Å²) in [6, 6.07) is 12.5. The number of nitrogens with zero attached hydrogens (tertiary/aromatic N) is 2. The van der Waals surface area contributed by atoms with Gasteiger partial charge in [0, 0.05) is 24.2 Å². The first-order valence-corrected chi connectivity index (χ1v) is 17.4. The van der Waals surface area contributed by atoms with Crippen LogP contribution in [0.2, 0.25) is 0 Å². The van der Waals surface area contributed by atoms with E-state index in [1.807, 2.05) is 6.07 Å². The number of amides is 4. The standard InChI is InChI=1S/C38H50N4O9/c1-37(2,3)50-35(47)41-18-8-12-29(41)33(45)39-21-31(43)27-16-14-25(15-17-27)23-49-24-26-10-7-11-28(20-26)32(44)22-40-34(46)30-13-9-19-42(30)36(48)51-38(4,5)6/h7,10-11,14-17,20,29-30H,8-9,12-13,18-19,21-24H2,1-6H3,(H,39,45)(H,40,46)/t29-,30-/m0/s1. The molecule has 2 fully saturated rings. The maximum Gasteiger partial charge on any atom is 0.410 e. The van der Waals surface area contributed by atoms with Gasteiger partial charge in [0.2, 0.25) is 11.8 Å². The van der Waals surface area contributed by atoms with Crippen molar-refractivity contribution in [1.82, 2.24) is 20.4 Å². The fourth-order valence-electron chi connectivity index (χ4n) is 5.84. The Hall–Kier alpha value is -4.78. The monoisotopic (exact) mass is 706 g/mol. The van der Waals surface area contributed by atoms with Crippen molar-refractivity contribution in [2.45, 2.75) is 104 Å². The van der Waals surface area contributed by atoms with E-state index in [4.69, 9.17) is 14.2 Å². The van der Waals surface area contributed by atoms with Crippen LogP contribution in [-0.4, -0.2) is 94.8 Å². The Morgan fingerprint density at radius 2 is 1.12 bits per heavy atom. The third kappa shape index (κ3) is 11.6. The Morgan fingerprint density at radius 1 is 0.647 bits per heavy atom. The largest absolute Gasteiger partial charge is 0.444 e. The molecule has 4 rings (SSSR count). The molecule has 2 N–H and O–H groups in total. The highest BCUT2D eigenvalue weighted by molar-refractivity contribution is 6.01. The number of hydrogen-bond acceptors (Lipinski definition) is 9. The quantitative estimate of drug-likeness (QED) is 0.296. The van der Waals surface area contributed by atoms with E-state index in [0.29, 0.717) is 49.9 Å². The van der Waals surface area contributed by atoms with Crippen molar-refractivity contribution in [2.75, 3.05) is 26.2 Å². The van der Waals surface area contributed by atoms with Gasteiger partial charge < -0.3 is 24.8 Å². The second kappa shape index (κ2) is 17.0. The lowest BCUT2D eigenvalue weighted by atomic mass is 10.1. The van der Waals surface area contributed by atoms with E-state index in [-0.39, 0.29) is 49.7 Å². The summed E-state index contributed by atoms with van der Waals surface area (Å²) in [7, 11) is 0. The summed E-state index contributed by atoms with van der Waals surface area (Å²) in [6.07, 6.45) is 1.28. The van der Waals surface area contributed by atoms with Crippen LogP contribution in [0.5, 0.6) is 0 Å². The van der Waals surface area contributed by atoms with Crippen molar-refractivity contribution in [3.05, 3.63) is 70.8 Å². The Bertz CT molecular complexity index is 1590. The van der Waals surface area contributed by atoms with Crippen LogP contribution in [0.15, 0.2) is 48.5 Å². The molecule has 0 radical (unpaired) electrons. The van der Waals surface area contributed by atoms with Crippen LogP contribution in [0.4, 0.5) is 9.59 Å². The number of carbonyl (C=O) groups excluding carboxylic acids is 6. The molecule has 51 heavy (non-hydrogen) atoms. The Morgan fingerprint density at radius 3 is 1.61 bits per heavy atom. The Balaban J connectivity index is 1.20. The van der Waals surface area contributed by atoms with Gasteiger partial charge in [-0.25, -0.2) is 9.59 Å². The number of benzene rings is 2. The molecule has 2 saturated heterocycles. The van der Waals surface area contributed by atoms with Crippen molar-refractivity contribution in [1.29, 1.82) is 0 Å². The lowest BCUT2D eigenvalue weighted by molar-refractivity contribution is -0.125. The molecule has 0 saturated carbocycles. The molecule has 0 aliphatic carbocycles. The van der Waals surface area contributed by atoms with E-state index in [2.05, 4.69) is 10.6 Å². The van der Waals surface area contributed by atoms with Crippen molar-refractivity contribution in [2.24, 2.45) is 0 Å². The van der Waals surface area contributed by atoms with Gasteiger partial charge in [0.05, 0.1) is 26.3 Å². The number of Topliss-reactive ketones (excluding diaryl/α,β-unsaturated/α-hetero) is 2. The fraction of sp³-hybridized carbons (Fsp3) is 0.526. The summed E-state index contributed by atoms with van der Waals surface area (Å²) in [5.41, 5.74) is 1.11. The normalized spacial score (nSPS) is 17.5. The van der Waals surface area contributed by atoms with Gasteiger partial charge in [-0.2, -0.15) is 0 Å². The van der Waals surface area contributed by atoms with Gasteiger partial charge in [0.25, 0.3) is 0 Å². The van der Waals surface area contributed by atoms with Gasteiger partial charge in [-0.1, -0.05) is 42.5 Å². The number of nitrogens with one attached hydrogen (secondary N) is 2. The van der Waals surface area contributed by atoms with E-state index < -0.39 is 35.5 Å². The molecule has 4 amide bonds. The first-order chi connectivity index (χ1) is 24.0. The minimum absolute atomic E-state index is 0.197. The third-order valence-electron chi connectivity index (χ3n) is 8.28. The fourth-order valence-corrected chi connectivity index (χ4v) is 5.84. The highest BCUT2D eigenvalue weighted by atomic mass is 16.6. The third-order valence-corrected chi connectivity index (χ3v) is 8.28.